The Kier molecular flexibility index (Phi) is 3.83. The third-order valence-corrected chi connectivity index (χ3v) is 3.71. The molecule has 0 spiro atoms. The van der Waals surface area contributed by atoms with Gasteiger partial charge in [0.1, 0.15) is 10.7 Å². The number of sulfonamides is 1. The molecule has 0 bridgehead atoms. The van der Waals surface area contributed by atoms with Crippen LogP contribution in [0.3, 0.4) is 0 Å². The fraction of sp³-hybridized carbons (Fsp3) is 0.222. The molecule has 102 valence electrons. The Morgan fingerprint density at radius 1 is 1.42 bits per heavy atom. The van der Waals surface area contributed by atoms with Gasteiger partial charge >= 0.3 is 0 Å². The van der Waals surface area contributed by atoms with Crippen molar-refractivity contribution in [1.29, 1.82) is 0 Å². The van der Waals surface area contributed by atoms with Crippen molar-refractivity contribution in [3.8, 4) is 0 Å². The van der Waals surface area contributed by atoms with Gasteiger partial charge in [-0.25, -0.2) is 17.5 Å². The second kappa shape index (κ2) is 5.38. The van der Waals surface area contributed by atoms with Crippen LogP contribution in [-0.4, -0.2) is 34.1 Å². The number of hydrogen-bond donors (Lipinski definition) is 3. The average Bonchev–Trinajstić information content (AvgIpc) is 2.89. The molecule has 0 aliphatic carbocycles. The van der Waals surface area contributed by atoms with Crippen molar-refractivity contribution >= 4 is 10.0 Å². The molecule has 0 fully saturated rings. The Bertz CT molecular complexity index is 658. The highest BCUT2D eigenvalue weighted by Crippen LogP contribution is 2.16. The maximum absolute atomic E-state index is 13.6. The van der Waals surface area contributed by atoms with E-state index in [1.165, 1.54) is 6.07 Å². The molecular formula is C9H10FN5O3S. The van der Waals surface area contributed by atoms with Gasteiger partial charge in [0.2, 0.25) is 10.0 Å². The minimum Gasteiger partial charge on any atom is -0.392 e. The van der Waals surface area contributed by atoms with Gasteiger partial charge in [0, 0.05) is 0 Å². The van der Waals surface area contributed by atoms with Gasteiger partial charge in [0.05, 0.1) is 13.2 Å². The highest BCUT2D eigenvalue weighted by molar-refractivity contribution is 7.89. The molecule has 3 N–H and O–H groups in total. The second-order valence-corrected chi connectivity index (χ2v) is 5.31. The quantitative estimate of drug-likeness (QED) is 0.669. The molecule has 2 rings (SSSR count). The number of hydrogen-bond acceptors (Lipinski definition) is 6. The van der Waals surface area contributed by atoms with Crippen molar-refractivity contribution < 1.29 is 17.9 Å². The minimum atomic E-state index is -4.02. The Balaban J connectivity index is 2.19. The first kappa shape index (κ1) is 13.5. The maximum Gasteiger partial charge on any atom is 0.243 e. The van der Waals surface area contributed by atoms with Crippen LogP contribution in [0.1, 0.15) is 11.4 Å². The standard InChI is InChI=1S/C9H10FN5O3S/c10-7-3-6(5-16)1-2-8(7)19(17,18)11-4-9-12-14-15-13-9/h1-3,11,16H,4-5H2,(H,12,13,14,15). The van der Waals surface area contributed by atoms with Gasteiger partial charge in [0.15, 0.2) is 5.82 Å². The highest BCUT2D eigenvalue weighted by Gasteiger charge is 2.19. The highest BCUT2D eigenvalue weighted by atomic mass is 32.2. The predicted molar refractivity (Wildman–Crippen MR) is 60.5 cm³/mol. The van der Waals surface area contributed by atoms with Crippen molar-refractivity contribution in [3.05, 3.63) is 35.4 Å². The molecule has 8 nitrogen and oxygen atoms in total. The third kappa shape index (κ3) is 3.10. The number of nitrogens with zero attached hydrogens (tertiary/aromatic N) is 3. The molecule has 1 aromatic carbocycles. The Labute approximate surface area is 107 Å². The molecule has 0 saturated carbocycles. The molecule has 0 radical (unpaired) electrons. The largest absolute Gasteiger partial charge is 0.392 e. The molecule has 10 heteroatoms. The SMILES string of the molecule is O=S(=O)(NCc1nn[nH]n1)c1ccc(CO)cc1F. The molecule has 0 atom stereocenters. The van der Waals surface area contributed by atoms with E-state index in [9.17, 15) is 12.8 Å². The summed E-state index contributed by atoms with van der Waals surface area (Å²) in [5, 5.41) is 21.4. The summed E-state index contributed by atoms with van der Waals surface area (Å²) in [7, 11) is -4.02. The van der Waals surface area contributed by atoms with Crippen molar-refractivity contribution in [2.24, 2.45) is 0 Å². The van der Waals surface area contributed by atoms with E-state index in [0.29, 0.717) is 0 Å². The zero-order chi connectivity index (χ0) is 13.9. The van der Waals surface area contributed by atoms with E-state index >= 15 is 0 Å². The Morgan fingerprint density at radius 2 is 2.21 bits per heavy atom. The maximum atomic E-state index is 13.6. The number of benzene rings is 1. The van der Waals surface area contributed by atoms with E-state index in [4.69, 9.17) is 5.11 Å². The van der Waals surface area contributed by atoms with Gasteiger partial charge in [0.25, 0.3) is 0 Å². The van der Waals surface area contributed by atoms with Crippen molar-refractivity contribution in [2.75, 3.05) is 0 Å². The van der Waals surface area contributed by atoms with Gasteiger partial charge < -0.3 is 5.11 Å². The van der Waals surface area contributed by atoms with Gasteiger partial charge in [-0.15, -0.1) is 10.2 Å². The molecule has 0 aliphatic heterocycles. The minimum absolute atomic E-state index is 0.135. The smallest absolute Gasteiger partial charge is 0.243 e. The molecule has 2 aromatic rings. The summed E-state index contributed by atoms with van der Waals surface area (Å²) < 4.78 is 39.5. The number of nitrogens with one attached hydrogen (secondary N) is 2. The van der Waals surface area contributed by atoms with Gasteiger partial charge in [-0.05, 0) is 17.7 Å². The van der Waals surface area contributed by atoms with E-state index in [1.807, 2.05) is 0 Å². The van der Waals surface area contributed by atoms with E-state index in [-0.39, 0.29) is 24.5 Å². The van der Waals surface area contributed by atoms with Crippen LogP contribution in [-0.2, 0) is 23.2 Å². The number of aromatic amines is 1. The number of aliphatic hydroxyl groups excluding tert-OH is 1. The molecule has 0 unspecified atom stereocenters. The molecular weight excluding hydrogens is 277 g/mol. The van der Waals surface area contributed by atoms with Crippen LogP contribution < -0.4 is 4.72 Å². The normalized spacial score (nSPS) is 11.7. The lowest BCUT2D eigenvalue weighted by Gasteiger charge is -2.07. The summed E-state index contributed by atoms with van der Waals surface area (Å²) in [5.74, 6) is -0.803. The van der Waals surface area contributed by atoms with Gasteiger partial charge in [-0.1, -0.05) is 11.3 Å². The molecule has 0 amide bonds. The van der Waals surface area contributed by atoms with Crippen LogP contribution in [0.25, 0.3) is 0 Å². The Morgan fingerprint density at radius 3 is 2.79 bits per heavy atom. The van der Waals surface area contributed by atoms with Crippen molar-refractivity contribution in [3.63, 3.8) is 0 Å². The summed E-state index contributed by atoms with van der Waals surface area (Å²) >= 11 is 0. The second-order valence-electron chi connectivity index (χ2n) is 3.58. The number of rotatable bonds is 5. The number of H-pyrrole nitrogens is 1. The third-order valence-electron chi connectivity index (χ3n) is 2.28. The summed E-state index contributed by atoms with van der Waals surface area (Å²) in [4.78, 5) is -0.506. The van der Waals surface area contributed by atoms with Crippen LogP contribution >= 0.6 is 0 Å². The van der Waals surface area contributed by atoms with Crippen LogP contribution in [0.4, 0.5) is 4.39 Å². The Hall–Kier alpha value is -1.91. The summed E-state index contributed by atoms with van der Waals surface area (Å²) in [6.07, 6.45) is 0. The summed E-state index contributed by atoms with van der Waals surface area (Å²) in [6.45, 7) is -0.576. The van der Waals surface area contributed by atoms with Gasteiger partial charge in [-0.2, -0.15) is 5.21 Å². The lowest BCUT2D eigenvalue weighted by Crippen LogP contribution is -2.24. The first-order chi connectivity index (χ1) is 9.03. The first-order valence-corrected chi connectivity index (χ1v) is 6.62. The van der Waals surface area contributed by atoms with E-state index < -0.39 is 20.7 Å². The van der Waals surface area contributed by atoms with E-state index in [2.05, 4.69) is 25.3 Å². The van der Waals surface area contributed by atoms with Gasteiger partial charge in [-0.3, -0.25) is 0 Å². The number of aromatic nitrogens is 4. The van der Waals surface area contributed by atoms with E-state index in [1.54, 1.807) is 0 Å². The predicted octanol–water partition coefficient (Wildman–Crippen LogP) is -0.690. The number of halogens is 1. The van der Waals surface area contributed by atoms with Crippen LogP contribution in [0.15, 0.2) is 23.1 Å². The van der Waals surface area contributed by atoms with Crippen LogP contribution in [0, 0.1) is 5.82 Å². The first-order valence-electron chi connectivity index (χ1n) is 5.14. The number of aliphatic hydroxyl groups is 1. The topological polar surface area (TPSA) is 121 Å². The lowest BCUT2D eigenvalue weighted by atomic mass is 10.2. The molecule has 0 saturated heterocycles. The molecule has 1 aromatic heterocycles. The van der Waals surface area contributed by atoms with Crippen LogP contribution in [0.5, 0.6) is 0 Å². The fourth-order valence-corrected chi connectivity index (χ4v) is 2.39. The van der Waals surface area contributed by atoms with Crippen LogP contribution in [0.2, 0.25) is 0 Å². The zero-order valence-electron chi connectivity index (χ0n) is 9.54. The molecule has 19 heavy (non-hydrogen) atoms. The fourth-order valence-electron chi connectivity index (χ4n) is 1.36. The van der Waals surface area contributed by atoms with Crippen molar-refractivity contribution in [1.82, 2.24) is 25.3 Å². The molecule has 0 aliphatic rings. The lowest BCUT2D eigenvalue weighted by molar-refractivity contribution is 0.281. The summed E-state index contributed by atoms with van der Waals surface area (Å²) in [6, 6.07) is 3.37. The number of tetrazole rings is 1. The van der Waals surface area contributed by atoms with E-state index in [0.717, 1.165) is 12.1 Å². The monoisotopic (exact) mass is 287 g/mol. The molecule has 1 heterocycles. The summed E-state index contributed by atoms with van der Waals surface area (Å²) in [5.41, 5.74) is 0.287. The zero-order valence-corrected chi connectivity index (χ0v) is 10.4. The average molecular weight is 287 g/mol. The van der Waals surface area contributed by atoms with Crippen molar-refractivity contribution in [2.45, 2.75) is 18.0 Å².